The topological polar surface area (TPSA) is 88.5 Å². The van der Waals surface area contributed by atoms with Gasteiger partial charge in [-0.05, 0) is 25.3 Å². The summed E-state index contributed by atoms with van der Waals surface area (Å²) in [4.78, 5) is 27.0. The van der Waals surface area contributed by atoms with Crippen molar-refractivity contribution < 1.29 is 19.4 Å². The van der Waals surface area contributed by atoms with E-state index in [0.717, 1.165) is 0 Å². The number of anilines is 1. The third kappa shape index (κ3) is 6.62. The number of carboxylic acid groups (broad SMARTS) is 1. The first-order valence-electron chi connectivity index (χ1n) is 7.04. The minimum Gasteiger partial charge on any atom is -0.481 e. The zero-order chi connectivity index (χ0) is 17.8. The van der Waals surface area contributed by atoms with Crippen molar-refractivity contribution in [2.75, 3.05) is 5.32 Å². The van der Waals surface area contributed by atoms with Crippen LogP contribution in [0.3, 0.4) is 0 Å². The highest BCUT2D eigenvalue weighted by Gasteiger charge is 2.26. The van der Waals surface area contributed by atoms with Gasteiger partial charge in [-0.25, -0.2) is 0 Å². The molecular formula is C15H20Cl2N2O4. The van der Waals surface area contributed by atoms with E-state index < -0.39 is 11.4 Å². The number of halogens is 2. The molecule has 0 radical (unpaired) electrons. The molecule has 128 valence electrons. The number of carboxylic acids is 1. The van der Waals surface area contributed by atoms with Crippen LogP contribution in [-0.4, -0.2) is 28.1 Å². The van der Waals surface area contributed by atoms with E-state index >= 15 is 0 Å². The second-order valence-electron chi connectivity index (χ2n) is 6.23. The highest BCUT2D eigenvalue weighted by atomic mass is 35.5. The first-order chi connectivity index (χ1) is 10.5. The zero-order valence-corrected chi connectivity index (χ0v) is 15.0. The molecule has 1 rings (SSSR count). The van der Waals surface area contributed by atoms with Gasteiger partial charge < -0.3 is 15.2 Å². The first-order valence-corrected chi connectivity index (χ1v) is 7.80. The Morgan fingerprint density at radius 3 is 2.43 bits per heavy atom. The van der Waals surface area contributed by atoms with E-state index in [1.165, 1.54) is 6.07 Å². The van der Waals surface area contributed by atoms with Crippen LogP contribution in [0.5, 0.6) is 5.88 Å². The normalized spacial score (nSPS) is 11.4. The van der Waals surface area contributed by atoms with Crippen molar-refractivity contribution in [2.24, 2.45) is 5.41 Å². The Morgan fingerprint density at radius 1 is 1.30 bits per heavy atom. The average Bonchev–Trinajstić information content (AvgIpc) is 2.31. The fourth-order valence-electron chi connectivity index (χ4n) is 1.93. The predicted octanol–water partition coefficient (Wildman–Crippen LogP) is 4.01. The lowest BCUT2D eigenvalue weighted by Crippen LogP contribution is -2.25. The molecule has 0 aliphatic heterocycles. The van der Waals surface area contributed by atoms with Gasteiger partial charge in [0, 0.05) is 6.42 Å². The van der Waals surface area contributed by atoms with Crippen LogP contribution in [0.2, 0.25) is 10.0 Å². The van der Waals surface area contributed by atoms with Crippen LogP contribution in [0, 0.1) is 5.41 Å². The Kier molecular flexibility index (Phi) is 6.65. The largest absolute Gasteiger partial charge is 0.481 e. The van der Waals surface area contributed by atoms with E-state index in [-0.39, 0.29) is 46.6 Å². The number of hydrogen-bond acceptors (Lipinski definition) is 4. The summed E-state index contributed by atoms with van der Waals surface area (Å²) < 4.78 is 5.45. The number of hydrogen-bond donors (Lipinski definition) is 2. The molecule has 0 aliphatic rings. The number of aliphatic carboxylic acids is 1. The van der Waals surface area contributed by atoms with Gasteiger partial charge in [-0.15, -0.1) is 0 Å². The van der Waals surface area contributed by atoms with Gasteiger partial charge in [-0.3, -0.25) is 9.59 Å². The Labute approximate surface area is 145 Å². The highest BCUT2D eigenvalue weighted by Crippen LogP contribution is 2.32. The summed E-state index contributed by atoms with van der Waals surface area (Å²) in [5.41, 5.74) is -0.688. The number of carbonyl (C=O) groups is 2. The minimum atomic E-state index is -0.960. The molecule has 0 aliphatic carbocycles. The molecular weight excluding hydrogens is 343 g/mol. The van der Waals surface area contributed by atoms with Gasteiger partial charge in [0.05, 0.1) is 17.5 Å². The van der Waals surface area contributed by atoms with Gasteiger partial charge in [0.25, 0.3) is 0 Å². The molecule has 0 unspecified atom stereocenters. The van der Waals surface area contributed by atoms with Gasteiger partial charge >= 0.3 is 5.97 Å². The van der Waals surface area contributed by atoms with E-state index in [1.54, 1.807) is 13.8 Å². The summed E-state index contributed by atoms with van der Waals surface area (Å²) in [6, 6.07) is 1.44. The summed E-state index contributed by atoms with van der Waals surface area (Å²) >= 11 is 12.0. The Balaban J connectivity index is 2.87. The molecule has 0 saturated heterocycles. The molecule has 1 heterocycles. The van der Waals surface area contributed by atoms with Gasteiger partial charge in [0.15, 0.2) is 5.82 Å². The molecule has 0 spiro atoms. The van der Waals surface area contributed by atoms with Crippen LogP contribution in [0.25, 0.3) is 0 Å². The van der Waals surface area contributed by atoms with Crippen LogP contribution < -0.4 is 10.1 Å². The molecule has 1 aromatic rings. The van der Waals surface area contributed by atoms with Crippen molar-refractivity contribution in [3.63, 3.8) is 0 Å². The highest BCUT2D eigenvalue weighted by molar-refractivity contribution is 6.37. The molecule has 0 saturated carbocycles. The van der Waals surface area contributed by atoms with Crippen LogP contribution in [0.1, 0.15) is 40.5 Å². The van der Waals surface area contributed by atoms with Gasteiger partial charge in [0.2, 0.25) is 11.8 Å². The van der Waals surface area contributed by atoms with Crippen molar-refractivity contribution in [2.45, 2.75) is 46.6 Å². The predicted molar refractivity (Wildman–Crippen MR) is 89.3 cm³/mol. The number of carbonyl (C=O) groups excluding carboxylic acids is 1. The van der Waals surface area contributed by atoms with Gasteiger partial charge in [-0.1, -0.05) is 37.0 Å². The molecule has 0 aromatic carbocycles. The Hall–Kier alpha value is -1.53. The van der Waals surface area contributed by atoms with Crippen LogP contribution in [0.15, 0.2) is 6.07 Å². The maximum Gasteiger partial charge on any atom is 0.303 e. The smallest absolute Gasteiger partial charge is 0.303 e. The lowest BCUT2D eigenvalue weighted by atomic mass is 9.85. The van der Waals surface area contributed by atoms with E-state index in [2.05, 4.69) is 10.3 Å². The lowest BCUT2D eigenvalue weighted by Gasteiger charge is -2.21. The average molecular weight is 363 g/mol. The number of nitrogens with zero attached hydrogens (tertiary/aromatic N) is 1. The fourth-order valence-corrected chi connectivity index (χ4v) is 2.38. The molecule has 0 atom stereocenters. The second kappa shape index (κ2) is 7.84. The zero-order valence-electron chi connectivity index (χ0n) is 13.4. The Morgan fingerprint density at radius 2 is 1.91 bits per heavy atom. The molecule has 0 bridgehead atoms. The standard InChI is InChI=1S/C15H20Cl2N2O4/c1-8(2)23-14-10(17)5-9(16)13(19-14)18-11(20)6-15(3,4)7-12(21)22/h5,8H,6-7H2,1-4H3,(H,21,22)(H,18,19,20). The summed E-state index contributed by atoms with van der Waals surface area (Å²) in [7, 11) is 0. The van der Waals surface area contributed by atoms with Crippen LogP contribution in [0.4, 0.5) is 5.82 Å². The number of aromatic nitrogens is 1. The summed E-state index contributed by atoms with van der Waals surface area (Å²) in [5.74, 6) is -1.05. The lowest BCUT2D eigenvalue weighted by molar-refractivity contribution is -0.139. The van der Waals surface area contributed by atoms with Crippen molar-refractivity contribution in [3.8, 4) is 5.88 Å². The summed E-state index contributed by atoms with van der Waals surface area (Å²) in [5, 5.41) is 11.8. The molecule has 2 N–H and O–H groups in total. The molecule has 8 heteroatoms. The number of nitrogens with one attached hydrogen (secondary N) is 1. The Bertz CT molecular complexity index is 603. The van der Waals surface area contributed by atoms with Crippen molar-refractivity contribution in [3.05, 3.63) is 16.1 Å². The molecule has 0 fully saturated rings. The molecule has 6 nitrogen and oxygen atoms in total. The fraction of sp³-hybridized carbons (Fsp3) is 0.533. The van der Waals surface area contributed by atoms with E-state index in [9.17, 15) is 9.59 Å². The summed E-state index contributed by atoms with van der Waals surface area (Å²) in [6.07, 6.45) is -0.247. The van der Waals surface area contributed by atoms with Crippen molar-refractivity contribution >= 4 is 40.9 Å². The minimum absolute atomic E-state index is 0.0142. The van der Waals surface area contributed by atoms with Gasteiger partial charge in [-0.2, -0.15) is 4.98 Å². The van der Waals surface area contributed by atoms with Crippen LogP contribution >= 0.6 is 23.2 Å². The molecule has 1 amide bonds. The third-order valence-electron chi connectivity index (χ3n) is 2.77. The van der Waals surface area contributed by atoms with Crippen molar-refractivity contribution in [1.29, 1.82) is 0 Å². The molecule has 1 aromatic heterocycles. The second-order valence-corrected chi connectivity index (χ2v) is 7.05. The number of amides is 1. The monoisotopic (exact) mass is 362 g/mol. The molecule has 23 heavy (non-hydrogen) atoms. The third-order valence-corrected chi connectivity index (χ3v) is 3.33. The van der Waals surface area contributed by atoms with E-state index in [4.69, 9.17) is 33.0 Å². The van der Waals surface area contributed by atoms with E-state index in [1.807, 2.05) is 13.8 Å². The first kappa shape index (κ1) is 19.5. The maximum atomic E-state index is 12.1. The van der Waals surface area contributed by atoms with Gasteiger partial charge in [0.1, 0.15) is 5.02 Å². The quantitative estimate of drug-likeness (QED) is 0.764. The van der Waals surface area contributed by atoms with E-state index in [0.29, 0.717) is 0 Å². The van der Waals surface area contributed by atoms with Crippen LogP contribution in [-0.2, 0) is 9.59 Å². The number of rotatable bonds is 7. The number of ether oxygens (including phenoxy) is 1. The maximum absolute atomic E-state index is 12.1. The summed E-state index contributed by atoms with van der Waals surface area (Å²) in [6.45, 7) is 7.04. The van der Waals surface area contributed by atoms with Crippen molar-refractivity contribution in [1.82, 2.24) is 4.98 Å². The SMILES string of the molecule is CC(C)Oc1nc(NC(=O)CC(C)(C)CC(=O)O)c(Cl)cc1Cl. The number of pyridine rings is 1.